The molecule has 1 aromatic carbocycles. The van der Waals surface area contributed by atoms with Crippen molar-refractivity contribution in [3.8, 4) is 0 Å². The number of thiophene rings is 1. The van der Waals surface area contributed by atoms with E-state index in [1.807, 2.05) is 0 Å². The quantitative estimate of drug-likeness (QED) is 0.940. The lowest BCUT2D eigenvalue weighted by atomic mass is 10.2. The van der Waals surface area contributed by atoms with Gasteiger partial charge in [0.25, 0.3) is 5.91 Å². The smallest absolute Gasteiger partial charge is 0.326 e. The van der Waals surface area contributed by atoms with Crippen molar-refractivity contribution in [1.29, 1.82) is 0 Å². The number of carbonyl (C=O) groups is 2. The van der Waals surface area contributed by atoms with Crippen LogP contribution in [0.1, 0.15) is 16.6 Å². The van der Waals surface area contributed by atoms with Gasteiger partial charge in [-0.25, -0.2) is 9.18 Å². The number of aliphatic carboxylic acids is 1. The lowest BCUT2D eigenvalue weighted by Crippen LogP contribution is -2.39. The second-order valence-corrected chi connectivity index (χ2v) is 5.28. The lowest BCUT2D eigenvalue weighted by molar-refractivity contribution is -0.141. The van der Waals surface area contributed by atoms with Gasteiger partial charge in [-0.2, -0.15) is 0 Å². The maximum Gasteiger partial charge on any atom is 0.326 e. The Bertz CT molecular complexity index is 652. The molecule has 100 valence electrons. The molecule has 1 N–H and O–H groups in total. The molecule has 0 saturated heterocycles. The first-order valence-corrected chi connectivity index (χ1v) is 6.41. The van der Waals surface area contributed by atoms with Crippen molar-refractivity contribution in [2.75, 3.05) is 7.05 Å². The second-order valence-electron chi connectivity index (χ2n) is 4.19. The highest BCUT2D eigenvalue weighted by molar-refractivity contribution is 7.20. The van der Waals surface area contributed by atoms with Crippen LogP contribution in [-0.4, -0.2) is 35.0 Å². The molecule has 4 nitrogen and oxygen atoms in total. The summed E-state index contributed by atoms with van der Waals surface area (Å²) in [5.74, 6) is -1.89. The van der Waals surface area contributed by atoms with Gasteiger partial charge in [-0.05, 0) is 25.1 Å². The van der Waals surface area contributed by atoms with Crippen molar-refractivity contribution in [2.24, 2.45) is 0 Å². The van der Waals surface area contributed by atoms with E-state index in [2.05, 4.69) is 0 Å². The Morgan fingerprint density at radius 1 is 1.42 bits per heavy atom. The van der Waals surface area contributed by atoms with E-state index in [9.17, 15) is 14.0 Å². The van der Waals surface area contributed by atoms with E-state index in [-0.39, 0.29) is 5.82 Å². The molecule has 2 rings (SSSR count). The zero-order valence-corrected chi connectivity index (χ0v) is 11.2. The summed E-state index contributed by atoms with van der Waals surface area (Å²) in [6.45, 7) is 1.42. The number of halogens is 1. The number of carbonyl (C=O) groups excluding carboxylic acids is 1. The van der Waals surface area contributed by atoms with Gasteiger partial charge >= 0.3 is 5.97 Å². The molecule has 0 aliphatic rings. The Morgan fingerprint density at radius 2 is 2.11 bits per heavy atom. The Kier molecular flexibility index (Phi) is 3.53. The SMILES string of the molecule is CC(C(=O)O)N(C)C(=O)c1cc2c(F)cccc2s1. The van der Waals surface area contributed by atoms with Crippen molar-refractivity contribution in [1.82, 2.24) is 4.90 Å². The van der Waals surface area contributed by atoms with Crippen molar-refractivity contribution >= 4 is 33.3 Å². The summed E-state index contributed by atoms with van der Waals surface area (Å²) < 4.78 is 14.2. The van der Waals surface area contributed by atoms with Gasteiger partial charge in [0.2, 0.25) is 0 Å². The number of fused-ring (bicyclic) bond motifs is 1. The van der Waals surface area contributed by atoms with Gasteiger partial charge in [0.05, 0.1) is 4.88 Å². The van der Waals surface area contributed by atoms with Crippen LogP contribution in [0.2, 0.25) is 0 Å². The van der Waals surface area contributed by atoms with Gasteiger partial charge in [0, 0.05) is 17.1 Å². The van der Waals surface area contributed by atoms with Crippen LogP contribution >= 0.6 is 11.3 Å². The molecule has 1 aromatic heterocycles. The van der Waals surface area contributed by atoms with Gasteiger partial charge in [-0.3, -0.25) is 4.79 Å². The molecule has 0 aliphatic carbocycles. The first-order chi connectivity index (χ1) is 8.91. The molecule has 1 heterocycles. The number of nitrogens with zero attached hydrogens (tertiary/aromatic N) is 1. The van der Waals surface area contributed by atoms with Crippen molar-refractivity contribution in [3.63, 3.8) is 0 Å². The average Bonchev–Trinajstić information content (AvgIpc) is 2.81. The van der Waals surface area contributed by atoms with E-state index in [0.717, 1.165) is 16.2 Å². The topological polar surface area (TPSA) is 57.6 Å². The van der Waals surface area contributed by atoms with Crippen molar-refractivity contribution < 1.29 is 19.1 Å². The molecule has 0 bridgehead atoms. The molecule has 19 heavy (non-hydrogen) atoms. The van der Waals surface area contributed by atoms with E-state index in [1.54, 1.807) is 12.1 Å². The standard InChI is InChI=1S/C13H12FNO3S/c1-7(13(17)18)15(2)12(16)11-6-8-9(14)4-3-5-10(8)19-11/h3-7H,1-2H3,(H,17,18). The predicted octanol–water partition coefficient (Wildman–Crippen LogP) is 2.59. The van der Waals surface area contributed by atoms with E-state index in [0.29, 0.717) is 15.0 Å². The molecular weight excluding hydrogens is 269 g/mol. The molecule has 0 fully saturated rings. The van der Waals surface area contributed by atoms with Gasteiger partial charge < -0.3 is 10.0 Å². The zero-order valence-electron chi connectivity index (χ0n) is 10.4. The normalized spacial score (nSPS) is 12.4. The maximum atomic E-state index is 13.5. The molecule has 1 atom stereocenters. The van der Waals surface area contributed by atoms with Gasteiger partial charge in [-0.15, -0.1) is 11.3 Å². The summed E-state index contributed by atoms with van der Waals surface area (Å²) in [5, 5.41) is 9.26. The van der Waals surface area contributed by atoms with Crippen LogP contribution in [0.3, 0.4) is 0 Å². The monoisotopic (exact) mass is 281 g/mol. The second kappa shape index (κ2) is 4.97. The minimum absolute atomic E-state index is 0.329. The number of carboxylic acids is 1. The third-order valence-corrected chi connectivity index (χ3v) is 4.07. The first-order valence-electron chi connectivity index (χ1n) is 5.60. The fraction of sp³-hybridized carbons (Fsp3) is 0.231. The largest absolute Gasteiger partial charge is 0.480 e. The Balaban J connectivity index is 2.37. The van der Waals surface area contributed by atoms with Crippen LogP contribution in [0.15, 0.2) is 24.3 Å². The number of rotatable bonds is 3. The number of benzene rings is 1. The Labute approximate surface area is 113 Å². The van der Waals surface area contributed by atoms with Gasteiger partial charge in [0.15, 0.2) is 0 Å². The summed E-state index contributed by atoms with van der Waals surface area (Å²) in [6, 6.07) is 5.16. The molecule has 1 amide bonds. The molecule has 0 radical (unpaired) electrons. The van der Waals surface area contributed by atoms with Crippen LogP contribution in [0, 0.1) is 5.82 Å². The minimum atomic E-state index is -1.08. The highest BCUT2D eigenvalue weighted by atomic mass is 32.1. The minimum Gasteiger partial charge on any atom is -0.480 e. The number of hydrogen-bond donors (Lipinski definition) is 1. The van der Waals surface area contributed by atoms with E-state index >= 15 is 0 Å². The highest BCUT2D eigenvalue weighted by Gasteiger charge is 2.24. The van der Waals surface area contributed by atoms with Gasteiger partial charge in [-0.1, -0.05) is 6.07 Å². The average molecular weight is 281 g/mol. The molecule has 0 aliphatic heterocycles. The summed E-state index contributed by atoms with van der Waals surface area (Å²) in [4.78, 5) is 24.4. The molecule has 0 saturated carbocycles. The van der Waals surface area contributed by atoms with Crippen molar-refractivity contribution in [2.45, 2.75) is 13.0 Å². The van der Waals surface area contributed by atoms with Crippen LogP contribution in [0.25, 0.3) is 10.1 Å². The summed E-state index contributed by atoms with van der Waals surface area (Å²) in [6.07, 6.45) is 0. The maximum absolute atomic E-state index is 13.5. The fourth-order valence-corrected chi connectivity index (χ4v) is 2.70. The first kappa shape index (κ1) is 13.5. The molecule has 1 unspecified atom stereocenters. The molecular formula is C13H12FNO3S. The molecule has 2 aromatic rings. The number of amides is 1. The van der Waals surface area contributed by atoms with Crippen LogP contribution in [0.4, 0.5) is 4.39 Å². The summed E-state index contributed by atoms with van der Waals surface area (Å²) >= 11 is 1.15. The highest BCUT2D eigenvalue weighted by Crippen LogP contribution is 2.28. The molecule has 0 spiro atoms. The van der Waals surface area contributed by atoms with Crippen LogP contribution < -0.4 is 0 Å². The number of likely N-dealkylation sites (N-methyl/N-ethyl adjacent to an activating group) is 1. The summed E-state index contributed by atoms with van der Waals surface area (Å²) in [5.41, 5.74) is 0. The van der Waals surface area contributed by atoms with Crippen molar-refractivity contribution in [3.05, 3.63) is 35.0 Å². The van der Waals surface area contributed by atoms with E-state index in [4.69, 9.17) is 5.11 Å². The van der Waals surface area contributed by atoms with Crippen LogP contribution in [-0.2, 0) is 4.79 Å². The van der Waals surface area contributed by atoms with Gasteiger partial charge in [0.1, 0.15) is 11.9 Å². The number of carboxylic acid groups (broad SMARTS) is 1. The predicted molar refractivity (Wildman–Crippen MR) is 71.0 cm³/mol. The lowest BCUT2D eigenvalue weighted by Gasteiger charge is -2.20. The third kappa shape index (κ3) is 2.44. The molecule has 6 heteroatoms. The number of hydrogen-bond acceptors (Lipinski definition) is 3. The third-order valence-electron chi connectivity index (χ3n) is 2.98. The Hall–Kier alpha value is -1.95. The fourth-order valence-electron chi connectivity index (χ4n) is 1.65. The van der Waals surface area contributed by atoms with E-state index in [1.165, 1.54) is 26.1 Å². The summed E-state index contributed by atoms with van der Waals surface area (Å²) in [7, 11) is 1.42. The Morgan fingerprint density at radius 3 is 2.68 bits per heavy atom. The van der Waals surface area contributed by atoms with Crippen LogP contribution in [0.5, 0.6) is 0 Å². The zero-order chi connectivity index (χ0) is 14.2. The van der Waals surface area contributed by atoms with E-state index < -0.39 is 17.9 Å².